The van der Waals surface area contributed by atoms with Crippen molar-refractivity contribution in [1.29, 1.82) is 0 Å². The van der Waals surface area contributed by atoms with Gasteiger partial charge in [0.15, 0.2) is 0 Å². The van der Waals surface area contributed by atoms with Crippen molar-refractivity contribution in [3.8, 4) is 0 Å². The first-order valence-electron chi connectivity index (χ1n) is 11.4. The zero-order valence-electron chi connectivity index (χ0n) is 18.5. The first-order valence-corrected chi connectivity index (χ1v) is 11.4. The van der Waals surface area contributed by atoms with Crippen molar-refractivity contribution in [2.45, 2.75) is 76.9 Å². The molecule has 2 saturated heterocycles. The summed E-state index contributed by atoms with van der Waals surface area (Å²) < 4.78 is 10.9. The van der Waals surface area contributed by atoms with Crippen LogP contribution in [0.2, 0.25) is 0 Å². The van der Waals surface area contributed by atoms with Crippen molar-refractivity contribution in [2.75, 3.05) is 46.4 Å². The molecule has 3 rings (SSSR count). The fraction of sp³-hybridized carbons (Fsp3) is 0.909. The minimum atomic E-state index is -0.696. The first kappa shape index (κ1) is 22.3. The van der Waals surface area contributed by atoms with Gasteiger partial charge < -0.3 is 24.6 Å². The summed E-state index contributed by atoms with van der Waals surface area (Å²) in [5.74, 6) is 0.0575. The van der Waals surface area contributed by atoms with Gasteiger partial charge in [0.25, 0.3) is 5.91 Å². The van der Waals surface area contributed by atoms with Gasteiger partial charge in [-0.15, -0.1) is 0 Å². The molecule has 2 aliphatic heterocycles. The van der Waals surface area contributed by atoms with Crippen LogP contribution in [0, 0.1) is 5.41 Å². The molecule has 0 spiro atoms. The van der Waals surface area contributed by atoms with Crippen LogP contribution in [0.25, 0.3) is 0 Å². The molecule has 0 aromatic carbocycles. The minimum Gasteiger partial charge on any atom is -0.450 e. The molecule has 0 aromatic rings. The number of hydrogen-bond donors (Lipinski definition) is 1. The van der Waals surface area contributed by atoms with Crippen molar-refractivity contribution in [3.63, 3.8) is 0 Å². The number of piperidine rings is 1. The van der Waals surface area contributed by atoms with Crippen LogP contribution in [-0.4, -0.2) is 79.9 Å². The largest absolute Gasteiger partial charge is 0.450 e. The van der Waals surface area contributed by atoms with Crippen LogP contribution < -0.4 is 5.32 Å². The lowest BCUT2D eigenvalue weighted by atomic mass is 9.70. The fourth-order valence-corrected chi connectivity index (χ4v) is 5.03. The number of ether oxygens (including phenoxy) is 2. The van der Waals surface area contributed by atoms with Gasteiger partial charge in [-0.3, -0.25) is 4.79 Å². The van der Waals surface area contributed by atoms with Crippen LogP contribution in [0.5, 0.6) is 0 Å². The molecule has 29 heavy (non-hydrogen) atoms. The Labute approximate surface area is 175 Å². The van der Waals surface area contributed by atoms with Crippen LogP contribution >= 0.6 is 0 Å². The summed E-state index contributed by atoms with van der Waals surface area (Å²) in [4.78, 5) is 29.3. The number of carbonyl (C=O) groups excluding carboxylic acids is 2. The van der Waals surface area contributed by atoms with E-state index in [2.05, 4.69) is 17.1 Å². The molecular weight excluding hydrogens is 370 g/mol. The van der Waals surface area contributed by atoms with Gasteiger partial charge in [0, 0.05) is 45.9 Å². The summed E-state index contributed by atoms with van der Waals surface area (Å²) in [6, 6.07) is 0.459. The van der Waals surface area contributed by atoms with E-state index in [1.165, 1.54) is 19.3 Å². The van der Waals surface area contributed by atoms with Gasteiger partial charge >= 0.3 is 6.09 Å². The van der Waals surface area contributed by atoms with Gasteiger partial charge in [-0.25, -0.2) is 4.79 Å². The number of carbonyl (C=O) groups is 2. The summed E-state index contributed by atoms with van der Waals surface area (Å²) in [6.07, 6.45) is 7.97. The second kappa shape index (κ2) is 9.65. The standard InChI is InChI=1S/C22H39N3O4/c1-4-29-20(27)25-13-5-7-18(8-14-25)24-15-11-22(28-3,12-16-24)19(26)23-17-21(2)9-6-10-21/h18H,4-17H2,1-3H3,(H,23,26). The average Bonchev–Trinajstić information content (AvgIpc) is 2.97. The van der Waals surface area contributed by atoms with E-state index in [1.807, 2.05) is 11.8 Å². The number of likely N-dealkylation sites (tertiary alicyclic amines) is 2. The Morgan fingerprint density at radius 3 is 2.34 bits per heavy atom. The number of amides is 2. The third-order valence-electron chi connectivity index (χ3n) is 7.39. The molecule has 1 unspecified atom stereocenters. The molecule has 0 bridgehead atoms. The van der Waals surface area contributed by atoms with Crippen molar-refractivity contribution in [2.24, 2.45) is 5.41 Å². The smallest absolute Gasteiger partial charge is 0.409 e. The number of hydrogen-bond acceptors (Lipinski definition) is 5. The van der Waals surface area contributed by atoms with E-state index in [4.69, 9.17) is 9.47 Å². The van der Waals surface area contributed by atoms with E-state index in [9.17, 15) is 9.59 Å². The van der Waals surface area contributed by atoms with Gasteiger partial charge in [-0.1, -0.05) is 13.3 Å². The molecule has 1 saturated carbocycles. The van der Waals surface area contributed by atoms with Gasteiger partial charge in [0.2, 0.25) is 0 Å². The number of nitrogens with one attached hydrogen (secondary N) is 1. The maximum atomic E-state index is 12.9. The van der Waals surface area contributed by atoms with E-state index < -0.39 is 5.60 Å². The first-order chi connectivity index (χ1) is 13.9. The highest BCUT2D eigenvalue weighted by Crippen LogP contribution is 2.39. The van der Waals surface area contributed by atoms with Gasteiger partial charge in [-0.2, -0.15) is 0 Å². The molecule has 1 N–H and O–H groups in total. The highest BCUT2D eigenvalue weighted by atomic mass is 16.6. The van der Waals surface area contributed by atoms with E-state index in [0.29, 0.717) is 12.6 Å². The van der Waals surface area contributed by atoms with Gasteiger partial charge in [-0.05, 0) is 57.3 Å². The topological polar surface area (TPSA) is 71.1 Å². The normalized spacial score (nSPS) is 26.9. The van der Waals surface area contributed by atoms with Crippen molar-refractivity contribution in [3.05, 3.63) is 0 Å². The van der Waals surface area contributed by atoms with Crippen LogP contribution in [0.1, 0.15) is 65.2 Å². The SMILES string of the molecule is CCOC(=O)N1CCCC(N2CCC(OC)(C(=O)NCC3(C)CCC3)CC2)CC1. The maximum Gasteiger partial charge on any atom is 0.409 e. The van der Waals surface area contributed by atoms with E-state index in [0.717, 1.165) is 64.8 Å². The lowest BCUT2D eigenvalue weighted by Crippen LogP contribution is -2.57. The van der Waals surface area contributed by atoms with E-state index in [-0.39, 0.29) is 17.4 Å². The predicted molar refractivity (Wildman–Crippen MR) is 112 cm³/mol. The minimum absolute atomic E-state index is 0.0575. The lowest BCUT2D eigenvalue weighted by molar-refractivity contribution is -0.151. The molecular formula is C22H39N3O4. The molecule has 7 heteroatoms. The van der Waals surface area contributed by atoms with Crippen LogP contribution in [-0.2, 0) is 14.3 Å². The van der Waals surface area contributed by atoms with E-state index >= 15 is 0 Å². The van der Waals surface area contributed by atoms with Crippen molar-refractivity contribution >= 4 is 12.0 Å². The monoisotopic (exact) mass is 409 g/mol. The molecule has 166 valence electrons. The second-order valence-corrected chi connectivity index (χ2v) is 9.35. The highest BCUT2D eigenvalue weighted by molar-refractivity contribution is 5.85. The Balaban J connectivity index is 1.49. The highest BCUT2D eigenvalue weighted by Gasteiger charge is 2.44. The van der Waals surface area contributed by atoms with Gasteiger partial charge in [0.1, 0.15) is 5.60 Å². The Morgan fingerprint density at radius 2 is 1.76 bits per heavy atom. The fourth-order valence-electron chi connectivity index (χ4n) is 5.03. The molecule has 3 fully saturated rings. The second-order valence-electron chi connectivity index (χ2n) is 9.35. The molecule has 2 heterocycles. The number of methoxy groups -OCH3 is 1. The Morgan fingerprint density at radius 1 is 1.03 bits per heavy atom. The molecule has 0 aromatic heterocycles. The molecule has 2 amide bonds. The quantitative estimate of drug-likeness (QED) is 0.730. The summed E-state index contributed by atoms with van der Waals surface area (Å²) in [5.41, 5.74) is -0.422. The van der Waals surface area contributed by atoms with Crippen molar-refractivity contribution in [1.82, 2.24) is 15.1 Å². The maximum absolute atomic E-state index is 12.9. The van der Waals surface area contributed by atoms with Crippen LogP contribution in [0.3, 0.4) is 0 Å². The third kappa shape index (κ3) is 5.23. The summed E-state index contributed by atoms with van der Waals surface area (Å²) in [5, 5.41) is 3.18. The summed E-state index contributed by atoms with van der Waals surface area (Å²) >= 11 is 0. The lowest BCUT2D eigenvalue weighted by Gasteiger charge is -2.44. The molecule has 1 aliphatic carbocycles. The molecule has 7 nitrogen and oxygen atoms in total. The Bertz CT molecular complexity index is 570. The zero-order chi connectivity index (χ0) is 20.9. The number of rotatable bonds is 6. The van der Waals surface area contributed by atoms with E-state index in [1.54, 1.807) is 7.11 Å². The van der Waals surface area contributed by atoms with Crippen LogP contribution in [0.4, 0.5) is 4.79 Å². The molecule has 0 radical (unpaired) electrons. The van der Waals surface area contributed by atoms with Gasteiger partial charge in [0.05, 0.1) is 6.61 Å². The number of nitrogens with zero attached hydrogens (tertiary/aromatic N) is 2. The summed E-state index contributed by atoms with van der Waals surface area (Å²) in [7, 11) is 1.67. The third-order valence-corrected chi connectivity index (χ3v) is 7.39. The molecule has 1 atom stereocenters. The van der Waals surface area contributed by atoms with Crippen molar-refractivity contribution < 1.29 is 19.1 Å². The average molecular weight is 410 g/mol. The Kier molecular flexibility index (Phi) is 7.43. The molecule has 3 aliphatic rings. The zero-order valence-corrected chi connectivity index (χ0v) is 18.5. The summed E-state index contributed by atoms with van der Waals surface area (Å²) in [6.45, 7) is 8.52. The predicted octanol–water partition coefficient (Wildman–Crippen LogP) is 2.78. The van der Waals surface area contributed by atoms with Crippen LogP contribution in [0.15, 0.2) is 0 Å². The Hall–Kier alpha value is -1.34.